The van der Waals surface area contributed by atoms with Crippen molar-refractivity contribution < 1.29 is 0 Å². The summed E-state index contributed by atoms with van der Waals surface area (Å²) in [6.07, 6.45) is 3.59. The number of likely N-dealkylation sites (tertiary alicyclic amines) is 1. The van der Waals surface area contributed by atoms with Crippen LogP contribution in [0.15, 0.2) is 29.6 Å². The predicted molar refractivity (Wildman–Crippen MR) is 91.5 cm³/mol. The van der Waals surface area contributed by atoms with Gasteiger partial charge in [0.15, 0.2) is 0 Å². The summed E-state index contributed by atoms with van der Waals surface area (Å²) in [5.41, 5.74) is 4.57. The van der Waals surface area contributed by atoms with Crippen LogP contribution in [0.3, 0.4) is 0 Å². The third-order valence-electron chi connectivity index (χ3n) is 4.96. The molecular formula is C17H25N3S. The molecule has 3 rings (SSSR count). The third kappa shape index (κ3) is 2.86. The topological polar surface area (TPSA) is 41.3 Å². The lowest BCUT2D eigenvalue weighted by atomic mass is 9.88. The lowest BCUT2D eigenvalue weighted by Crippen LogP contribution is -2.59. The molecule has 0 radical (unpaired) electrons. The Morgan fingerprint density at radius 2 is 2.00 bits per heavy atom. The minimum absolute atomic E-state index is 0.0777. The summed E-state index contributed by atoms with van der Waals surface area (Å²) in [6.45, 7) is 7.01. The minimum atomic E-state index is 0.0777. The van der Waals surface area contributed by atoms with E-state index in [2.05, 4.69) is 53.8 Å². The summed E-state index contributed by atoms with van der Waals surface area (Å²) in [4.78, 5) is 2.58. The molecule has 3 nitrogen and oxygen atoms in total. The molecule has 21 heavy (non-hydrogen) atoms. The molecule has 1 aliphatic heterocycles. The Hall–Kier alpha value is -0.940. The van der Waals surface area contributed by atoms with Gasteiger partial charge in [-0.3, -0.25) is 16.2 Å². The number of nitrogens with zero attached hydrogens (tertiary/aromatic N) is 1. The van der Waals surface area contributed by atoms with E-state index in [0.717, 1.165) is 6.42 Å². The fraction of sp³-hybridized carbons (Fsp3) is 0.529. The molecule has 1 aromatic heterocycles. The highest BCUT2D eigenvalue weighted by Crippen LogP contribution is 2.30. The lowest BCUT2D eigenvalue weighted by molar-refractivity contribution is 0.107. The number of hydrazine groups is 1. The molecule has 114 valence electrons. The minimum Gasteiger partial charge on any atom is -0.297 e. The Morgan fingerprint density at radius 1 is 1.29 bits per heavy atom. The van der Waals surface area contributed by atoms with Crippen molar-refractivity contribution in [2.24, 2.45) is 5.84 Å². The van der Waals surface area contributed by atoms with Gasteiger partial charge in [-0.15, -0.1) is 11.3 Å². The van der Waals surface area contributed by atoms with E-state index < -0.39 is 0 Å². The maximum atomic E-state index is 5.91. The number of nitrogens with one attached hydrogen (secondary N) is 1. The van der Waals surface area contributed by atoms with Crippen LogP contribution in [0.25, 0.3) is 10.1 Å². The zero-order chi connectivity index (χ0) is 14.9. The van der Waals surface area contributed by atoms with Crippen LogP contribution in [0.5, 0.6) is 0 Å². The van der Waals surface area contributed by atoms with Crippen LogP contribution >= 0.6 is 11.3 Å². The molecule has 2 heterocycles. The van der Waals surface area contributed by atoms with Gasteiger partial charge in [0.05, 0.1) is 0 Å². The maximum absolute atomic E-state index is 5.91. The van der Waals surface area contributed by atoms with Crippen molar-refractivity contribution in [1.29, 1.82) is 0 Å². The van der Waals surface area contributed by atoms with Gasteiger partial charge in [0, 0.05) is 16.3 Å². The second kappa shape index (κ2) is 6.05. The Morgan fingerprint density at radius 3 is 2.71 bits per heavy atom. The number of rotatable bonds is 5. The van der Waals surface area contributed by atoms with E-state index in [1.807, 2.05) is 11.3 Å². The van der Waals surface area contributed by atoms with Crippen LogP contribution in [0.2, 0.25) is 0 Å². The fourth-order valence-electron chi connectivity index (χ4n) is 3.44. The average molecular weight is 303 g/mol. The number of hydrogen-bond donors (Lipinski definition) is 2. The van der Waals surface area contributed by atoms with Crippen LogP contribution in [-0.4, -0.2) is 29.6 Å². The van der Waals surface area contributed by atoms with Crippen LogP contribution in [0, 0.1) is 0 Å². The zero-order valence-electron chi connectivity index (χ0n) is 12.9. The van der Waals surface area contributed by atoms with Crippen molar-refractivity contribution in [2.75, 3.05) is 13.1 Å². The second-order valence-electron chi connectivity index (χ2n) is 6.53. The van der Waals surface area contributed by atoms with Crippen LogP contribution < -0.4 is 11.3 Å². The van der Waals surface area contributed by atoms with Crippen molar-refractivity contribution in [3.63, 3.8) is 0 Å². The summed E-state index contributed by atoms with van der Waals surface area (Å²) in [6, 6.07) is 8.90. The molecule has 1 aromatic carbocycles. The summed E-state index contributed by atoms with van der Waals surface area (Å²) < 4.78 is 1.36. The van der Waals surface area contributed by atoms with Crippen molar-refractivity contribution in [1.82, 2.24) is 10.3 Å². The van der Waals surface area contributed by atoms with Crippen molar-refractivity contribution in [3.05, 3.63) is 35.2 Å². The van der Waals surface area contributed by atoms with Gasteiger partial charge in [0.1, 0.15) is 0 Å². The first-order valence-corrected chi connectivity index (χ1v) is 8.67. The summed E-state index contributed by atoms with van der Waals surface area (Å²) in [7, 11) is 0. The largest absolute Gasteiger partial charge is 0.297 e. The molecule has 0 bridgehead atoms. The standard InChI is InChI=1S/C17H25N3S/c1-17(2,20-9-5-6-10-20)16(19-18)11-13-12-21-15-8-4-3-7-14(13)15/h3-4,7-8,12,16,19H,5-6,9-11,18H2,1-2H3. The Balaban J connectivity index is 1.83. The number of benzene rings is 1. The van der Waals surface area contributed by atoms with E-state index in [-0.39, 0.29) is 11.6 Å². The van der Waals surface area contributed by atoms with Gasteiger partial charge in [-0.1, -0.05) is 18.2 Å². The van der Waals surface area contributed by atoms with E-state index in [1.54, 1.807) is 0 Å². The van der Waals surface area contributed by atoms with Gasteiger partial charge in [0.25, 0.3) is 0 Å². The Labute approximate surface area is 131 Å². The number of nitrogens with two attached hydrogens (primary N) is 1. The van der Waals surface area contributed by atoms with Gasteiger partial charge in [-0.2, -0.15) is 0 Å². The van der Waals surface area contributed by atoms with Gasteiger partial charge in [-0.25, -0.2) is 0 Å². The van der Waals surface area contributed by atoms with Gasteiger partial charge >= 0.3 is 0 Å². The van der Waals surface area contributed by atoms with Crippen molar-refractivity contribution >= 4 is 21.4 Å². The van der Waals surface area contributed by atoms with E-state index in [0.29, 0.717) is 0 Å². The molecule has 1 unspecified atom stereocenters. The van der Waals surface area contributed by atoms with E-state index in [9.17, 15) is 0 Å². The molecule has 0 aliphatic carbocycles. The Kier molecular flexibility index (Phi) is 4.31. The SMILES string of the molecule is CC(C)(C(Cc1csc2ccccc12)NN)N1CCCC1. The average Bonchev–Trinajstić information content (AvgIpc) is 3.15. The van der Waals surface area contributed by atoms with E-state index in [1.165, 1.54) is 41.6 Å². The molecule has 4 heteroatoms. The number of hydrogen-bond acceptors (Lipinski definition) is 4. The first-order valence-electron chi connectivity index (χ1n) is 7.79. The normalized spacial score (nSPS) is 18.4. The van der Waals surface area contributed by atoms with Crippen LogP contribution in [0.1, 0.15) is 32.3 Å². The number of thiophene rings is 1. The summed E-state index contributed by atoms with van der Waals surface area (Å²) in [5.74, 6) is 5.91. The monoisotopic (exact) mass is 303 g/mol. The molecule has 0 amide bonds. The Bertz CT molecular complexity index is 599. The number of fused-ring (bicyclic) bond motifs is 1. The smallest absolute Gasteiger partial charge is 0.0430 e. The first kappa shape index (κ1) is 15.0. The van der Waals surface area contributed by atoms with Gasteiger partial charge < -0.3 is 0 Å². The molecule has 0 saturated carbocycles. The predicted octanol–water partition coefficient (Wildman–Crippen LogP) is 3.15. The molecular weight excluding hydrogens is 278 g/mol. The summed E-state index contributed by atoms with van der Waals surface area (Å²) in [5, 5.41) is 3.66. The molecule has 3 N–H and O–H groups in total. The van der Waals surface area contributed by atoms with E-state index in [4.69, 9.17) is 5.84 Å². The van der Waals surface area contributed by atoms with E-state index >= 15 is 0 Å². The molecule has 1 saturated heterocycles. The van der Waals surface area contributed by atoms with Crippen molar-refractivity contribution in [2.45, 2.75) is 44.7 Å². The molecule has 2 aromatic rings. The van der Waals surface area contributed by atoms with Crippen LogP contribution in [0.4, 0.5) is 0 Å². The molecule has 1 atom stereocenters. The second-order valence-corrected chi connectivity index (χ2v) is 7.44. The fourth-order valence-corrected chi connectivity index (χ4v) is 4.41. The van der Waals surface area contributed by atoms with Crippen LogP contribution in [-0.2, 0) is 6.42 Å². The first-order chi connectivity index (χ1) is 10.1. The highest BCUT2D eigenvalue weighted by Gasteiger charge is 2.36. The molecule has 1 fully saturated rings. The highest BCUT2D eigenvalue weighted by atomic mass is 32.1. The quantitative estimate of drug-likeness (QED) is 0.658. The molecule has 0 spiro atoms. The maximum Gasteiger partial charge on any atom is 0.0430 e. The van der Waals surface area contributed by atoms with Gasteiger partial charge in [-0.05, 0) is 68.6 Å². The highest BCUT2D eigenvalue weighted by molar-refractivity contribution is 7.17. The lowest BCUT2D eigenvalue weighted by Gasteiger charge is -2.42. The van der Waals surface area contributed by atoms with Crippen molar-refractivity contribution in [3.8, 4) is 0 Å². The zero-order valence-corrected chi connectivity index (χ0v) is 13.7. The third-order valence-corrected chi connectivity index (χ3v) is 5.97. The summed E-state index contributed by atoms with van der Waals surface area (Å²) >= 11 is 1.83. The molecule has 1 aliphatic rings. The van der Waals surface area contributed by atoms with Gasteiger partial charge in [0.2, 0.25) is 0 Å².